The summed E-state index contributed by atoms with van der Waals surface area (Å²) in [5.41, 5.74) is 1.96. The number of nitrogens with one attached hydrogen (secondary N) is 1. The maximum absolute atomic E-state index is 12.4. The number of phenols is 1. The number of hydrogen-bond donors (Lipinski definition) is 2. The molecule has 2 aromatic rings. The van der Waals surface area contributed by atoms with Crippen LogP contribution >= 0.6 is 11.3 Å². The van der Waals surface area contributed by atoms with Gasteiger partial charge in [-0.1, -0.05) is 29.8 Å². The lowest BCUT2D eigenvalue weighted by Crippen LogP contribution is -2.11. The number of ether oxygens (including phenoxy) is 1. The number of thiazole rings is 1. The van der Waals surface area contributed by atoms with E-state index in [2.05, 4.69) is 22.4 Å². The smallest absolute Gasteiger partial charge is 0.257 e. The highest BCUT2D eigenvalue weighted by atomic mass is 32.1. The Hall–Kier alpha value is -2.61. The van der Waals surface area contributed by atoms with Crippen LogP contribution in [0.25, 0.3) is 0 Å². The number of nitrogens with zero attached hydrogens (tertiary/aromatic N) is 2. The molecular formula is C17H21N3O4S. The van der Waals surface area contributed by atoms with Crippen molar-refractivity contribution in [1.29, 1.82) is 0 Å². The second-order valence-electron chi connectivity index (χ2n) is 5.24. The van der Waals surface area contributed by atoms with E-state index in [4.69, 9.17) is 9.57 Å². The molecule has 0 aliphatic carbocycles. The van der Waals surface area contributed by atoms with Gasteiger partial charge in [-0.2, -0.15) is 0 Å². The maximum Gasteiger partial charge on any atom is 0.257 e. The normalized spacial score (nSPS) is 11.3. The fourth-order valence-electron chi connectivity index (χ4n) is 2.25. The van der Waals surface area contributed by atoms with Crippen molar-refractivity contribution in [3.05, 3.63) is 34.3 Å². The Morgan fingerprint density at radius 2 is 2.16 bits per heavy atom. The molecule has 2 N–H and O–H groups in total. The summed E-state index contributed by atoms with van der Waals surface area (Å²) < 4.78 is 5.02. The number of amides is 1. The number of methoxy groups -OCH3 is 1. The Balaban J connectivity index is 2.22. The predicted octanol–water partition coefficient (Wildman–Crippen LogP) is 3.57. The van der Waals surface area contributed by atoms with Gasteiger partial charge in [0.05, 0.1) is 23.4 Å². The molecule has 8 heteroatoms. The molecule has 2 rings (SSSR count). The summed E-state index contributed by atoms with van der Waals surface area (Å²) in [6.45, 7) is 3.92. The van der Waals surface area contributed by atoms with Crippen LogP contribution in [0.3, 0.4) is 0 Å². The number of benzene rings is 1. The number of rotatable bonds is 7. The third-order valence-corrected chi connectivity index (χ3v) is 4.53. The van der Waals surface area contributed by atoms with Crippen LogP contribution in [-0.4, -0.2) is 35.9 Å². The van der Waals surface area contributed by atoms with E-state index in [9.17, 15) is 9.90 Å². The van der Waals surface area contributed by atoms with Crippen molar-refractivity contribution < 1.29 is 19.5 Å². The monoisotopic (exact) mass is 363 g/mol. The van der Waals surface area contributed by atoms with E-state index in [-0.39, 0.29) is 17.4 Å². The average Bonchev–Trinajstić information content (AvgIpc) is 2.95. The van der Waals surface area contributed by atoms with Crippen molar-refractivity contribution in [1.82, 2.24) is 4.98 Å². The molecule has 0 radical (unpaired) electrons. The molecule has 1 heterocycles. The van der Waals surface area contributed by atoms with Gasteiger partial charge < -0.3 is 14.7 Å². The van der Waals surface area contributed by atoms with Crippen molar-refractivity contribution in [3.8, 4) is 11.5 Å². The molecule has 0 unspecified atom stereocenters. The molecule has 1 aromatic carbocycles. The minimum atomic E-state index is -0.334. The molecule has 1 amide bonds. The summed E-state index contributed by atoms with van der Waals surface area (Å²) >= 11 is 1.35. The molecule has 0 aliphatic rings. The van der Waals surface area contributed by atoms with E-state index in [1.807, 2.05) is 6.92 Å². The number of carbonyl (C=O) groups excluding carboxylic acids is 1. The van der Waals surface area contributed by atoms with Crippen LogP contribution in [0, 0.1) is 6.92 Å². The van der Waals surface area contributed by atoms with Crippen LogP contribution in [0.2, 0.25) is 0 Å². The minimum Gasteiger partial charge on any atom is -0.504 e. The number of anilines is 1. The highest BCUT2D eigenvalue weighted by Crippen LogP contribution is 2.28. The average molecular weight is 363 g/mol. The maximum atomic E-state index is 12.4. The molecule has 25 heavy (non-hydrogen) atoms. The number of carbonyl (C=O) groups is 1. The van der Waals surface area contributed by atoms with Gasteiger partial charge in [-0.15, -0.1) is 0 Å². The van der Waals surface area contributed by atoms with Gasteiger partial charge in [0.2, 0.25) is 0 Å². The number of phenolic OH excluding ortho intramolecular Hbond substituents is 1. The Labute approximate surface area is 150 Å². The minimum absolute atomic E-state index is 0.0218. The lowest BCUT2D eigenvalue weighted by atomic mass is 10.2. The van der Waals surface area contributed by atoms with Crippen LogP contribution in [0.4, 0.5) is 5.13 Å². The van der Waals surface area contributed by atoms with Crippen molar-refractivity contribution in [2.75, 3.05) is 19.5 Å². The summed E-state index contributed by atoms with van der Waals surface area (Å²) in [6.07, 6.45) is 1.69. The van der Waals surface area contributed by atoms with E-state index in [0.29, 0.717) is 10.7 Å². The topological polar surface area (TPSA) is 93.0 Å². The number of aryl methyl sites for hydroxylation is 1. The van der Waals surface area contributed by atoms with Crippen molar-refractivity contribution in [3.63, 3.8) is 0 Å². The first-order chi connectivity index (χ1) is 12.0. The van der Waals surface area contributed by atoms with Gasteiger partial charge in [-0.3, -0.25) is 10.1 Å². The van der Waals surface area contributed by atoms with Crippen molar-refractivity contribution in [2.24, 2.45) is 5.16 Å². The van der Waals surface area contributed by atoms with E-state index >= 15 is 0 Å². The molecule has 0 spiro atoms. The molecule has 0 saturated carbocycles. The molecule has 7 nitrogen and oxygen atoms in total. The zero-order chi connectivity index (χ0) is 18.4. The molecule has 1 aromatic heterocycles. The van der Waals surface area contributed by atoms with E-state index in [1.165, 1.54) is 43.8 Å². The predicted molar refractivity (Wildman–Crippen MR) is 97.9 cm³/mol. The molecule has 0 bridgehead atoms. The van der Waals surface area contributed by atoms with Gasteiger partial charge in [0.1, 0.15) is 7.11 Å². The lowest BCUT2D eigenvalue weighted by molar-refractivity contribution is 0.102. The van der Waals surface area contributed by atoms with Crippen LogP contribution in [0.1, 0.15) is 40.7 Å². The molecule has 0 atom stereocenters. The molecule has 0 saturated heterocycles. The van der Waals surface area contributed by atoms with Crippen molar-refractivity contribution >= 4 is 28.1 Å². The zero-order valence-corrected chi connectivity index (χ0v) is 15.4. The third kappa shape index (κ3) is 4.48. The SMILES string of the molecule is CCCC(=NOC)c1sc(NC(=O)c2ccc(O)c(OC)c2)nc1C. The van der Waals surface area contributed by atoms with Crippen LogP contribution in [0.5, 0.6) is 11.5 Å². The number of aromatic hydroxyl groups is 1. The van der Waals surface area contributed by atoms with Gasteiger partial charge in [0.25, 0.3) is 5.91 Å². The zero-order valence-electron chi connectivity index (χ0n) is 14.6. The quantitative estimate of drug-likeness (QED) is 0.579. The second-order valence-corrected chi connectivity index (χ2v) is 6.24. The lowest BCUT2D eigenvalue weighted by Gasteiger charge is -2.06. The van der Waals surface area contributed by atoms with Crippen molar-refractivity contribution in [2.45, 2.75) is 26.7 Å². The number of oxime groups is 1. The van der Waals surface area contributed by atoms with Gasteiger partial charge in [0.15, 0.2) is 16.6 Å². The number of hydrogen-bond acceptors (Lipinski definition) is 7. The first-order valence-corrected chi connectivity index (χ1v) is 8.58. The molecule has 134 valence electrons. The Kier molecular flexibility index (Phi) is 6.35. The fourth-order valence-corrected chi connectivity index (χ4v) is 3.22. The largest absolute Gasteiger partial charge is 0.504 e. The van der Waals surface area contributed by atoms with Gasteiger partial charge in [-0.25, -0.2) is 4.98 Å². The first kappa shape index (κ1) is 18.7. The van der Waals surface area contributed by atoms with E-state index in [0.717, 1.165) is 29.1 Å². The van der Waals surface area contributed by atoms with Crippen LogP contribution < -0.4 is 10.1 Å². The summed E-state index contributed by atoms with van der Waals surface area (Å²) in [5, 5.41) is 16.9. The van der Waals surface area contributed by atoms with E-state index < -0.39 is 0 Å². The Bertz CT molecular complexity index is 786. The van der Waals surface area contributed by atoms with Gasteiger partial charge in [-0.05, 0) is 31.5 Å². The van der Waals surface area contributed by atoms with Gasteiger partial charge >= 0.3 is 0 Å². The molecular weight excluding hydrogens is 342 g/mol. The van der Waals surface area contributed by atoms with Crippen LogP contribution in [0.15, 0.2) is 23.4 Å². The summed E-state index contributed by atoms with van der Waals surface area (Å²) in [4.78, 5) is 22.6. The first-order valence-electron chi connectivity index (χ1n) is 7.76. The third-order valence-electron chi connectivity index (χ3n) is 3.41. The molecule has 0 aliphatic heterocycles. The Morgan fingerprint density at radius 3 is 2.80 bits per heavy atom. The van der Waals surface area contributed by atoms with Crippen LogP contribution in [-0.2, 0) is 4.84 Å². The molecule has 0 fully saturated rings. The summed E-state index contributed by atoms with van der Waals surface area (Å²) in [7, 11) is 2.94. The summed E-state index contributed by atoms with van der Waals surface area (Å²) in [5.74, 6) is -0.119. The standard InChI is InChI=1S/C17H21N3O4S/c1-5-6-12(20-24-4)15-10(2)18-17(25-15)19-16(22)11-7-8-13(21)14(9-11)23-3/h7-9,21H,5-6H2,1-4H3,(H,18,19,22). The van der Waals surface area contributed by atoms with E-state index in [1.54, 1.807) is 0 Å². The fraction of sp³-hybridized carbons (Fsp3) is 0.353. The van der Waals surface area contributed by atoms with Gasteiger partial charge in [0, 0.05) is 5.56 Å². The number of aromatic nitrogens is 1. The second kappa shape index (κ2) is 8.48. The Morgan fingerprint density at radius 1 is 1.40 bits per heavy atom. The summed E-state index contributed by atoms with van der Waals surface area (Å²) in [6, 6.07) is 4.40. The highest BCUT2D eigenvalue weighted by molar-refractivity contribution is 7.17. The highest BCUT2D eigenvalue weighted by Gasteiger charge is 2.17.